The molecular weight excluding hydrogens is 302 g/mol. The minimum Gasteiger partial charge on any atom is -0.507 e. The van der Waals surface area contributed by atoms with E-state index in [1.807, 2.05) is 0 Å². The number of aromatic hydroxyl groups is 1. The molecule has 0 aliphatic rings. The van der Waals surface area contributed by atoms with E-state index in [9.17, 15) is 5.11 Å². The molecule has 0 aliphatic heterocycles. The minimum absolute atomic E-state index is 0.0396. The summed E-state index contributed by atoms with van der Waals surface area (Å²) in [7, 11) is 0. The van der Waals surface area contributed by atoms with Crippen molar-refractivity contribution in [3.63, 3.8) is 0 Å². The molecule has 0 saturated carbocycles. The van der Waals surface area contributed by atoms with Gasteiger partial charge < -0.3 is 5.11 Å². The van der Waals surface area contributed by atoms with E-state index in [0.29, 0.717) is 31.2 Å². The Hall–Kier alpha value is -0.600. The van der Waals surface area contributed by atoms with Gasteiger partial charge in [-0.25, -0.2) is 0 Å². The maximum Gasteiger partial charge on any atom is 0.124 e. The number of phenols is 1. The van der Waals surface area contributed by atoms with Crippen LogP contribution in [0.3, 0.4) is 0 Å². The van der Waals surface area contributed by atoms with Gasteiger partial charge in [-0.2, -0.15) is 0 Å². The predicted octanol–water partition coefficient (Wildman–Crippen LogP) is 5.67. The lowest BCUT2D eigenvalue weighted by Crippen LogP contribution is -1.82. The third-order valence-electron chi connectivity index (χ3n) is 2.26. The fraction of sp³-hybridized carbons (Fsp3) is 0. The van der Waals surface area contributed by atoms with Gasteiger partial charge in [-0.3, -0.25) is 0 Å². The number of hydrogen-bond acceptors (Lipinski definition) is 1. The third-order valence-corrected chi connectivity index (χ3v) is 3.53. The van der Waals surface area contributed by atoms with Gasteiger partial charge in [0, 0.05) is 16.1 Å². The summed E-state index contributed by atoms with van der Waals surface area (Å²) < 4.78 is 0. The molecule has 2 aromatic rings. The molecular formula is C12H6Cl4O. The van der Waals surface area contributed by atoms with E-state index in [1.54, 1.807) is 18.2 Å². The summed E-state index contributed by atoms with van der Waals surface area (Å²) in [6.45, 7) is 0. The molecule has 17 heavy (non-hydrogen) atoms. The SMILES string of the molecule is Oc1cc(Cl)ccc1-c1cc(Cl)c(Cl)cc1Cl. The second-order valence-corrected chi connectivity index (χ2v) is 5.07. The van der Waals surface area contributed by atoms with Gasteiger partial charge in [0.2, 0.25) is 0 Å². The first kappa shape index (κ1) is 12.8. The van der Waals surface area contributed by atoms with Crippen molar-refractivity contribution in [2.75, 3.05) is 0 Å². The predicted molar refractivity (Wildman–Crippen MR) is 73.6 cm³/mol. The smallest absolute Gasteiger partial charge is 0.124 e. The van der Waals surface area contributed by atoms with Gasteiger partial charge in [0.25, 0.3) is 0 Å². The molecule has 5 heteroatoms. The van der Waals surface area contributed by atoms with Gasteiger partial charge in [-0.1, -0.05) is 46.4 Å². The Balaban J connectivity index is 2.64. The lowest BCUT2D eigenvalue weighted by molar-refractivity contribution is 0.477. The van der Waals surface area contributed by atoms with Gasteiger partial charge in [-0.15, -0.1) is 0 Å². The van der Waals surface area contributed by atoms with Gasteiger partial charge in [-0.05, 0) is 30.3 Å². The van der Waals surface area contributed by atoms with Gasteiger partial charge in [0.1, 0.15) is 5.75 Å². The molecule has 0 radical (unpaired) electrons. The standard InChI is InChI=1S/C12H6Cl4O/c13-6-1-2-7(12(17)3-6)8-4-10(15)11(16)5-9(8)14/h1-5,17H. The van der Waals surface area contributed by atoms with Crippen molar-refractivity contribution in [3.8, 4) is 16.9 Å². The minimum atomic E-state index is 0.0396. The van der Waals surface area contributed by atoms with Crippen molar-refractivity contribution in [1.82, 2.24) is 0 Å². The van der Waals surface area contributed by atoms with E-state index < -0.39 is 0 Å². The van der Waals surface area contributed by atoms with Crippen molar-refractivity contribution in [2.24, 2.45) is 0 Å². The van der Waals surface area contributed by atoms with Crippen LogP contribution in [0.15, 0.2) is 30.3 Å². The number of halogens is 4. The summed E-state index contributed by atoms with van der Waals surface area (Å²) in [6.07, 6.45) is 0. The highest BCUT2D eigenvalue weighted by atomic mass is 35.5. The highest BCUT2D eigenvalue weighted by molar-refractivity contribution is 6.44. The quantitative estimate of drug-likeness (QED) is 0.673. The van der Waals surface area contributed by atoms with Crippen molar-refractivity contribution in [3.05, 3.63) is 50.4 Å². The Bertz CT molecular complexity index is 581. The molecule has 0 unspecified atom stereocenters. The van der Waals surface area contributed by atoms with Crippen molar-refractivity contribution in [2.45, 2.75) is 0 Å². The Morgan fingerprint density at radius 2 is 1.35 bits per heavy atom. The fourth-order valence-corrected chi connectivity index (χ4v) is 2.28. The number of phenolic OH excluding ortho intramolecular Hbond substituents is 1. The summed E-state index contributed by atoms with van der Waals surface area (Å²) in [5.74, 6) is 0.0396. The van der Waals surface area contributed by atoms with Crippen LogP contribution in [0.4, 0.5) is 0 Å². The van der Waals surface area contributed by atoms with Crippen LogP contribution in [0, 0.1) is 0 Å². The van der Waals surface area contributed by atoms with Crippen LogP contribution < -0.4 is 0 Å². The Labute approximate surface area is 118 Å². The molecule has 0 spiro atoms. The first-order valence-corrected chi connectivity index (χ1v) is 6.13. The van der Waals surface area contributed by atoms with Crippen LogP contribution in [0.1, 0.15) is 0 Å². The van der Waals surface area contributed by atoms with Crippen LogP contribution >= 0.6 is 46.4 Å². The summed E-state index contributed by atoms with van der Waals surface area (Å²) in [5, 5.41) is 11.4. The molecule has 2 aromatic carbocycles. The van der Waals surface area contributed by atoms with Gasteiger partial charge in [0.15, 0.2) is 0 Å². The average Bonchev–Trinajstić information content (AvgIpc) is 2.24. The largest absolute Gasteiger partial charge is 0.507 e. The maximum atomic E-state index is 9.81. The average molecular weight is 308 g/mol. The zero-order valence-corrected chi connectivity index (χ0v) is 11.4. The lowest BCUT2D eigenvalue weighted by atomic mass is 10.0. The molecule has 0 bridgehead atoms. The first-order valence-electron chi connectivity index (χ1n) is 4.62. The Morgan fingerprint density at radius 3 is 2.00 bits per heavy atom. The van der Waals surface area contributed by atoms with Gasteiger partial charge in [0.05, 0.1) is 15.1 Å². The molecule has 0 saturated heterocycles. The first-order chi connectivity index (χ1) is 7.99. The Kier molecular flexibility index (Phi) is 3.74. The van der Waals surface area contributed by atoms with Crippen molar-refractivity contribution in [1.29, 1.82) is 0 Å². The van der Waals surface area contributed by atoms with E-state index >= 15 is 0 Å². The molecule has 0 aliphatic carbocycles. The monoisotopic (exact) mass is 306 g/mol. The van der Waals surface area contributed by atoms with E-state index in [1.165, 1.54) is 12.1 Å². The molecule has 1 nitrogen and oxygen atoms in total. The normalized spacial score (nSPS) is 10.6. The van der Waals surface area contributed by atoms with E-state index in [-0.39, 0.29) is 5.75 Å². The topological polar surface area (TPSA) is 20.2 Å². The Morgan fingerprint density at radius 1 is 0.706 bits per heavy atom. The van der Waals surface area contributed by atoms with E-state index in [2.05, 4.69) is 0 Å². The lowest BCUT2D eigenvalue weighted by Gasteiger charge is -2.09. The fourth-order valence-electron chi connectivity index (χ4n) is 1.46. The zero-order valence-electron chi connectivity index (χ0n) is 8.35. The number of benzene rings is 2. The van der Waals surface area contributed by atoms with Gasteiger partial charge >= 0.3 is 0 Å². The van der Waals surface area contributed by atoms with Crippen LogP contribution in [-0.4, -0.2) is 5.11 Å². The van der Waals surface area contributed by atoms with Crippen molar-refractivity contribution >= 4 is 46.4 Å². The second kappa shape index (κ2) is 4.95. The second-order valence-electron chi connectivity index (χ2n) is 3.41. The summed E-state index contributed by atoms with van der Waals surface area (Å²) in [4.78, 5) is 0. The molecule has 0 atom stereocenters. The molecule has 1 N–H and O–H groups in total. The zero-order chi connectivity index (χ0) is 12.6. The molecule has 2 rings (SSSR count). The van der Waals surface area contributed by atoms with Crippen molar-refractivity contribution < 1.29 is 5.11 Å². The number of hydrogen-bond donors (Lipinski definition) is 1. The number of rotatable bonds is 1. The van der Waals surface area contributed by atoms with Crippen LogP contribution in [-0.2, 0) is 0 Å². The summed E-state index contributed by atoms with van der Waals surface area (Å²) in [5.41, 5.74) is 1.16. The van der Waals surface area contributed by atoms with Crippen LogP contribution in [0.5, 0.6) is 5.75 Å². The summed E-state index contributed by atoms with van der Waals surface area (Å²) >= 11 is 23.6. The van der Waals surface area contributed by atoms with E-state index in [0.717, 1.165) is 0 Å². The molecule has 0 fully saturated rings. The summed E-state index contributed by atoms with van der Waals surface area (Å²) in [6, 6.07) is 7.91. The highest BCUT2D eigenvalue weighted by Crippen LogP contribution is 2.39. The van der Waals surface area contributed by atoms with Crippen LogP contribution in [0.2, 0.25) is 20.1 Å². The molecule has 0 aromatic heterocycles. The van der Waals surface area contributed by atoms with E-state index in [4.69, 9.17) is 46.4 Å². The third kappa shape index (κ3) is 2.63. The molecule has 88 valence electrons. The maximum absolute atomic E-state index is 9.81. The molecule has 0 heterocycles. The van der Waals surface area contributed by atoms with Crippen LogP contribution in [0.25, 0.3) is 11.1 Å². The highest BCUT2D eigenvalue weighted by Gasteiger charge is 2.11. The molecule has 0 amide bonds.